The number of nitrogens with zero attached hydrogens (tertiary/aromatic N) is 4. The second-order valence-electron chi connectivity index (χ2n) is 8.74. The number of nitrogens with one attached hydrogen (secondary N) is 1. The molecule has 1 atom stereocenters. The molecule has 5 rings (SSSR count). The lowest BCUT2D eigenvalue weighted by Crippen LogP contribution is -2.45. The lowest BCUT2D eigenvalue weighted by Gasteiger charge is -2.32. The zero-order valence-corrected chi connectivity index (χ0v) is 19.9. The molecule has 4 heterocycles. The highest BCUT2D eigenvalue weighted by atomic mass is 32.1. The molecule has 1 fully saturated rings. The minimum atomic E-state index is -0.176. The normalized spacial score (nSPS) is 16.0. The van der Waals surface area contributed by atoms with Gasteiger partial charge in [0.15, 0.2) is 11.5 Å². The fourth-order valence-electron chi connectivity index (χ4n) is 4.41. The molecule has 0 bridgehead atoms. The summed E-state index contributed by atoms with van der Waals surface area (Å²) in [5, 5.41) is 5.06. The summed E-state index contributed by atoms with van der Waals surface area (Å²) in [5.74, 6) is 0.244. The first-order chi connectivity index (χ1) is 16.6. The van der Waals surface area contributed by atoms with Crippen LogP contribution in [0.1, 0.15) is 28.8 Å². The number of anilines is 1. The molecule has 0 unspecified atom stereocenters. The molecular weight excluding hydrogens is 446 g/mol. The van der Waals surface area contributed by atoms with Gasteiger partial charge in [0.2, 0.25) is 5.91 Å². The lowest BCUT2D eigenvalue weighted by molar-refractivity contribution is -0.125. The highest BCUT2D eigenvalue weighted by Gasteiger charge is 2.28. The summed E-state index contributed by atoms with van der Waals surface area (Å²) in [7, 11) is 0. The zero-order valence-electron chi connectivity index (χ0n) is 19.1. The molecule has 1 aromatic carbocycles. The van der Waals surface area contributed by atoms with Crippen LogP contribution in [0, 0.1) is 12.8 Å². The highest BCUT2D eigenvalue weighted by Crippen LogP contribution is 2.22. The highest BCUT2D eigenvalue weighted by molar-refractivity contribution is 7.09. The van der Waals surface area contributed by atoms with Gasteiger partial charge in [0.05, 0.1) is 19.0 Å². The molecule has 3 aromatic heterocycles. The Balaban J connectivity index is 1.42. The fourth-order valence-corrected chi connectivity index (χ4v) is 5.05. The van der Waals surface area contributed by atoms with Gasteiger partial charge >= 0.3 is 0 Å². The van der Waals surface area contributed by atoms with Crippen LogP contribution in [0.3, 0.4) is 0 Å². The molecule has 1 amide bonds. The number of hydrogen-bond acceptors (Lipinski definition) is 6. The molecule has 1 aliphatic heterocycles. The van der Waals surface area contributed by atoms with Gasteiger partial charge in [-0.05, 0) is 48.9 Å². The Bertz CT molecular complexity index is 1350. The van der Waals surface area contributed by atoms with Crippen molar-refractivity contribution in [2.45, 2.75) is 32.9 Å². The predicted octanol–water partition coefficient (Wildman–Crippen LogP) is 3.74. The molecule has 174 valence electrons. The van der Waals surface area contributed by atoms with E-state index in [0.29, 0.717) is 43.2 Å². The summed E-state index contributed by atoms with van der Waals surface area (Å²) in [4.78, 5) is 38.7. The maximum atomic E-state index is 13.6. The minimum absolute atomic E-state index is 0.0283. The molecule has 0 radical (unpaired) electrons. The van der Waals surface area contributed by atoms with E-state index in [-0.39, 0.29) is 17.4 Å². The topological polar surface area (TPSA) is 80.1 Å². The third-order valence-electron chi connectivity index (χ3n) is 6.25. The summed E-state index contributed by atoms with van der Waals surface area (Å²) >= 11 is 1.63. The number of thiophene rings is 1. The van der Waals surface area contributed by atoms with E-state index in [1.54, 1.807) is 22.1 Å². The van der Waals surface area contributed by atoms with Crippen LogP contribution < -0.4 is 15.8 Å². The lowest BCUT2D eigenvalue weighted by atomic mass is 9.97. The Hall–Kier alpha value is -3.52. The number of fused-ring (bicyclic) bond motifs is 1. The van der Waals surface area contributed by atoms with E-state index < -0.39 is 0 Å². The molecule has 4 aromatic rings. The van der Waals surface area contributed by atoms with E-state index in [1.165, 1.54) is 5.56 Å². The monoisotopic (exact) mass is 473 g/mol. The van der Waals surface area contributed by atoms with E-state index in [1.807, 2.05) is 65.7 Å². The second-order valence-corrected chi connectivity index (χ2v) is 9.77. The van der Waals surface area contributed by atoms with Crippen molar-refractivity contribution in [1.82, 2.24) is 19.9 Å². The number of amides is 1. The third-order valence-corrected chi connectivity index (χ3v) is 7.13. The number of carbonyl (C=O) groups excluding carboxylic acids is 1. The Morgan fingerprint density at radius 1 is 1.18 bits per heavy atom. The van der Waals surface area contributed by atoms with Crippen LogP contribution in [0.4, 0.5) is 5.82 Å². The maximum absolute atomic E-state index is 13.6. The van der Waals surface area contributed by atoms with Gasteiger partial charge in [-0.25, -0.2) is 9.97 Å². The molecule has 34 heavy (non-hydrogen) atoms. The van der Waals surface area contributed by atoms with Gasteiger partial charge in [-0.1, -0.05) is 35.9 Å². The van der Waals surface area contributed by atoms with Crippen molar-refractivity contribution in [3.63, 3.8) is 0 Å². The van der Waals surface area contributed by atoms with Crippen molar-refractivity contribution in [3.05, 3.63) is 86.5 Å². The number of rotatable bonds is 6. The van der Waals surface area contributed by atoms with E-state index in [0.717, 1.165) is 23.3 Å². The number of hydrogen-bond donors (Lipinski definition) is 1. The Kier molecular flexibility index (Phi) is 6.40. The summed E-state index contributed by atoms with van der Waals surface area (Å²) < 4.78 is 1.70. The smallest absolute Gasteiger partial charge is 0.295 e. The van der Waals surface area contributed by atoms with Crippen LogP contribution in [0.15, 0.2) is 64.9 Å². The van der Waals surface area contributed by atoms with Gasteiger partial charge in [-0.15, -0.1) is 11.3 Å². The SMILES string of the molecule is Cc1ccc(Cn2c(=O)c(N3CCC[C@@H](C(=O)NCc4cccs4)C3)nc3cccnc32)cc1. The van der Waals surface area contributed by atoms with Crippen LogP contribution >= 0.6 is 11.3 Å². The summed E-state index contributed by atoms with van der Waals surface area (Å²) in [5.41, 5.74) is 3.27. The average molecular weight is 474 g/mol. The average Bonchev–Trinajstić information content (AvgIpc) is 3.39. The molecule has 7 nitrogen and oxygen atoms in total. The molecule has 8 heteroatoms. The van der Waals surface area contributed by atoms with Crippen LogP contribution in [-0.2, 0) is 17.9 Å². The molecule has 1 aliphatic rings. The van der Waals surface area contributed by atoms with E-state index in [4.69, 9.17) is 4.98 Å². The second kappa shape index (κ2) is 9.77. The Morgan fingerprint density at radius 3 is 2.82 bits per heavy atom. The van der Waals surface area contributed by atoms with Gasteiger partial charge in [-0.2, -0.15) is 0 Å². The maximum Gasteiger partial charge on any atom is 0.295 e. The molecule has 1 N–H and O–H groups in total. The first-order valence-corrected chi connectivity index (χ1v) is 12.4. The number of aryl methyl sites for hydroxylation is 1. The van der Waals surface area contributed by atoms with Gasteiger partial charge in [0.25, 0.3) is 5.56 Å². The van der Waals surface area contributed by atoms with Crippen LogP contribution in [-0.4, -0.2) is 33.5 Å². The summed E-state index contributed by atoms with van der Waals surface area (Å²) in [6.07, 6.45) is 3.32. The van der Waals surface area contributed by atoms with Crippen molar-refractivity contribution < 1.29 is 4.79 Å². The van der Waals surface area contributed by atoms with Crippen molar-refractivity contribution in [2.75, 3.05) is 18.0 Å². The number of benzene rings is 1. The summed E-state index contributed by atoms with van der Waals surface area (Å²) in [6, 6.07) is 15.9. The Morgan fingerprint density at radius 2 is 2.03 bits per heavy atom. The standard InChI is InChI=1S/C26H27N5O2S/c1-18-8-10-19(11-9-18)16-31-23-22(7-2-12-27-23)29-24(26(31)33)30-13-3-5-20(17-30)25(32)28-15-21-6-4-14-34-21/h2,4,6-12,14,20H,3,5,13,15-17H2,1H3,(H,28,32)/t20-/m1/s1. The van der Waals surface area contributed by atoms with E-state index in [2.05, 4.69) is 10.3 Å². The zero-order chi connectivity index (χ0) is 23.5. The molecule has 1 saturated heterocycles. The van der Waals surface area contributed by atoms with Crippen molar-refractivity contribution >= 4 is 34.2 Å². The van der Waals surface area contributed by atoms with E-state index >= 15 is 0 Å². The summed E-state index contributed by atoms with van der Waals surface area (Å²) in [6.45, 7) is 4.18. The minimum Gasteiger partial charge on any atom is -0.351 e. The quantitative estimate of drug-likeness (QED) is 0.461. The van der Waals surface area contributed by atoms with E-state index in [9.17, 15) is 9.59 Å². The largest absolute Gasteiger partial charge is 0.351 e. The Labute approximate surface area is 202 Å². The molecule has 0 aliphatic carbocycles. The molecule has 0 saturated carbocycles. The fraction of sp³-hybridized carbons (Fsp3) is 0.308. The van der Waals surface area contributed by atoms with Gasteiger partial charge in [-0.3, -0.25) is 14.2 Å². The van der Waals surface area contributed by atoms with Crippen molar-refractivity contribution in [2.24, 2.45) is 5.92 Å². The van der Waals surface area contributed by atoms with Gasteiger partial charge in [0.1, 0.15) is 5.52 Å². The van der Waals surface area contributed by atoms with Crippen LogP contribution in [0.2, 0.25) is 0 Å². The number of pyridine rings is 1. The first-order valence-electron chi connectivity index (χ1n) is 11.5. The van der Waals surface area contributed by atoms with Crippen molar-refractivity contribution in [3.8, 4) is 0 Å². The van der Waals surface area contributed by atoms with Crippen LogP contribution in [0.5, 0.6) is 0 Å². The number of aromatic nitrogens is 3. The third kappa shape index (κ3) is 4.72. The molecule has 0 spiro atoms. The van der Waals surface area contributed by atoms with Crippen LogP contribution in [0.25, 0.3) is 11.2 Å². The van der Waals surface area contributed by atoms with Gasteiger partial charge in [0, 0.05) is 24.2 Å². The van der Waals surface area contributed by atoms with Gasteiger partial charge < -0.3 is 10.2 Å². The first kappa shape index (κ1) is 22.3. The van der Waals surface area contributed by atoms with Crippen molar-refractivity contribution in [1.29, 1.82) is 0 Å². The predicted molar refractivity (Wildman–Crippen MR) is 135 cm³/mol. The number of carbonyl (C=O) groups is 1. The number of piperidine rings is 1. The molecular formula is C26H27N5O2S.